The van der Waals surface area contributed by atoms with Gasteiger partial charge in [0, 0.05) is 5.69 Å². The Kier molecular flexibility index (Phi) is 3.25. The normalized spacial score (nSPS) is 12.3. The molecule has 3 heteroatoms. The molecule has 0 heterocycles. The Morgan fingerprint density at radius 3 is 2.50 bits per heavy atom. The number of nitrogens with one attached hydrogen (secondary N) is 1. The second kappa shape index (κ2) is 4.24. The summed E-state index contributed by atoms with van der Waals surface area (Å²) in [4.78, 5) is 11.3. The summed E-state index contributed by atoms with van der Waals surface area (Å²) in [6, 6.07) is 5.32. The van der Waals surface area contributed by atoms with Gasteiger partial charge >= 0.3 is 0 Å². The minimum atomic E-state index is -0.475. The maximum absolute atomic E-state index is 11.3. The van der Waals surface area contributed by atoms with Crippen LogP contribution in [0.3, 0.4) is 0 Å². The number of anilines is 1. The van der Waals surface area contributed by atoms with E-state index in [0.29, 0.717) is 0 Å². The molecule has 14 heavy (non-hydrogen) atoms. The Balaban J connectivity index is 2.78. The van der Waals surface area contributed by atoms with E-state index in [-0.39, 0.29) is 5.91 Å². The number of nitrogens with two attached hydrogens (primary N) is 1. The minimum absolute atomic E-state index is 0.159. The number of aryl methyl sites for hydroxylation is 2. The van der Waals surface area contributed by atoms with Crippen molar-refractivity contribution in [3.8, 4) is 0 Å². The lowest BCUT2D eigenvalue weighted by Crippen LogP contribution is -2.32. The lowest BCUT2D eigenvalue weighted by Gasteiger charge is -2.09. The Labute approximate surface area is 84.3 Å². The molecule has 3 nitrogen and oxygen atoms in total. The average molecular weight is 192 g/mol. The van der Waals surface area contributed by atoms with Crippen LogP contribution in [0.5, 0.6) is 0 Å². The summed E-state index contributed by atoms with van der Waals surface area (Å²) in [5, 5.41) is 2.75. The molecule has 76 valence electrons. The van der Waals surface area contributed by atoms with Crippen LogP contribution in [0.2, 0.25) is 0 Å². The zero-order chi connectivity index (χ0) is 10.7. The van der Waals surface area contributed by atoms with E-state index in [1.807, 2.05) is 32.0 Å². The first-order valence-corrected chi connectivity index (χ1v) is 4.64. The SMILES string of the molecule is Cc1ccc(NC(=O)C(C)N)cc1C. The van der Waals surface area contributed by atoms with E-state index in [1.165, 1.54) is 5.56 Å². The van der Waals surface area contributed by atoms with Crippen LogP contribution in [0.25, 0.3) is 0 Å². The van der Waals surface area contributed by atoms with Gasteiger partial charge < -0.3 is 11.1 Å². The molecule has 0 aliphatic carbocycles. The van der Waals surface area contributed by atoms with Crippen molar-refractivity contribution in [1.29, 1.82) is 0 Å². The van der Waals surface area contributed by atoms with Crippen molar-refractivity contribution in [3.05, 3.63) is 29.3 Å². The summed E-state index contributed by atoms with van der Waals surface area (Å²) in [5.74, 6) is -0.159. The first-order chi connectivity index (χ1) is 6.50. The lowest BCUT2D eigenvalue weighted by atomic mass is 10.1. The highest BCUT2D eigenvalue weighted by Crippen LogP contribution is 2.13. The van der Waals surface area contributed by atoms with Crippen molar-refractivity contribution >= 4 is 11.6 Å². The Bertz CT molecular complexity index is 345. The van der Waals surface area contributed by atoms with E-state index in [9.17, 15) is 4.79 Å². The molecule has 0 bridgehead atoms. The molecular weight excluding hydrogens is 176 g/mol. The van der Waals surface area contributed by atoms with Crippen LogP contribution < -0.4 is 11.1 Å². The summed E-state index contributed by atoms with van der Waals surface area (Å²) in [7, 11) is 0. The van der Waals surface area contributed by atoms with Gasteiger partial charge in [-0.1, -0.05) is 6.07 Å². The van der Waals surface area contributed by atoms with Crippen LogP contribution in [0.1, 0.15) is 18.1 Å². The highest BCUT2D eigenvalue weighted by atomic mass is 16.2. The standard InChI is InChI=1S/C11H16N2O/c1-7-4-5-10(6-8(7)2)13-11(14)9(3)12/h4-6,9H,12H2,1-3H3,(H,13,14). The first kappa shape index (κ1) is 10.7. The topological polar surface area (TPSA) is 55.1 Å². The van der Waals surface area contributed by atoms with E-state index in [1.54, 1.807) is 6.92 Å². The Hall–Kier alpha value is -1.35. The zero-order valence-corrected chi connectivity index (χ0v) is 8.79. The summed E-state index contributed by atoms with van der Waals surface area (Å²) < 4.78 is 0. The fourth-order valence-electron chi connectivity index (χ4n) is 1.08. The molecule has 1 amide bonds. The average Bonchev–Trinajstić information content (AvgIpc) is 2.11. The predicted molar refractivity (Wildman–Crippen MR) is 58.2 cm³/mol. The second-order valence-corrected chi connectivity index (χ2v) is 3.58. The zero-order valence-electron chi connectivity index (χ0n) is 8.79. The van der Waals surface area contributed by atoms with Crippen molar-refractivity contribution in [2.75, 3.05) is 5.32 Å². The van der Waals surface area contributed by atoms with Crippen molar-refractivity contribution in [2.45, 2.75) is 26.8 Å². The third-order valence-electron chi connectivity index (χ3n) is 2.19. The number of carbonyl (C=O) groups excluding carboxylic acids is 1. The van der Waals surface area contributed by atoms with Crippen molar-refractivity contribution < 1.29 is 4.79 Å². The molecule has 0 saturated heterocycles. The van der Waals surface area contributed by atoms with Gasteiger partial charge in [-0.05, 0) is 44.0 Å². The summed E-state index contributed by atoms with van der Waals surface area (Å²) in [6.45, 7) is 5.71. The quantitative estimate of drug-likeness (QED) is 0.747. The van der Waals surface area contributed by atoms with Gasteiger partial charge in [-0.2, -0.15) is 0 Å². The van der Waals surface area contributed by atoms with E-state index >= 15 is 0 Å². The summed E-state index contributed by atoms with van der Waals surface area (Å²) >= 11 is 0. The predicted octanol–water partition coefficient (Wildman–Crippen LogP) is 1.59. The van der Waals surface area contributed by atoms with Gasteiger partial charge in [0.1, 0.15) is 0 Å². The highest BCUT2D eigenvalue weighted by molar-refractivity contribution is 5.94. The number of hydrogen-bond acceptors (Lipinski definition) is 2. The fourth-order valence-corrected chi connectivity index (χ4v) is 1.08. The van der Waals surface area contributed by atoms with Gasteiger partial charge in [0.05, 0.1) is 6.04 Å². The van der Waals surface area contributed by atoms with Gasteiger partial charge in [0.15, 0.2) is 0 Å². The fraction of sp³-hybridized carbons (Fsp3) is 0.364. The van der Waals surface area contributed by atoms with Gasteiger partial charge in [-0.15, -0.1) is 0 Å². The molecule has 0 fully saturated rings. The number of carbonyl (C=O) groups is 1. The molecule has 0 saturated carbocycles. The van der Waals surface area contributed by atoms with E-state index in [0.717, 1.165) is 11.3 Å². The molecule has 1 aromatic carbocycles. The van der Waals surface area contributed by atoms with Crippen molar-refractivity contribution in [2.24, 2.45) is 5.73 Å². The monoisotopic (exact) mass is 192 g/mol. The van der Waals surface area contributed by atoms with Gasteiger partial charge in [0.2, 0.25) is 5.91 Å². The van der Waals surface area contributed by atoms with Crippen LogP contribution in [0.4, 0.5) is 5.69 Å². The molecule has 0 aliphatic rings. The molecular formula is C11H16N2O. The van der Waals surface area contributed by atoms with Crippen LogP contribution in [0, 0.1) is 13.8 Å². The molecule has 0 radical (unpaired) electrons. The molecule has 0 aromatic heterocycles. The van der Waals surface area contributed by atoms with Crippen LogP contribution in [0.15, 0.2) is 18.2 Å². The summed E-state index contributed by atoms with van der Waals surface area (Å²) in [6.07, 6.45) is 0. The number of rotatable bonds is 2. The minimum Gasteiger partial charge on any atom is -0.325 e. The smallest absolute Gasteiger partial charge is 0.240 e. The number of benzene rings is 1. The van der Waals surface area contributed by atoms with Crippen LogP contribution in [-0.2, 0) is 4.79 Å². The molecule has 0 aliphatic heterocycles. The Morgan fingerprint density at radius 2 is 2.00 bits per heavy atom. The van der Waals surface area contributed by atoms with E-state index in [4.69, 9.17) is 5.73 Å². The Morgan fingerprint density at radius 1 is 1.36 bits per heavy atom. The highest BCUT2D eigenvalue weighted by Gasteiger charge is 2.07. The van der Waals surface area contributed by atoms with Crippen LogP contribution >= 0.6 is 0 Å². The molecule has 1 aromatic rings. The van der Waals surface area contributed by atoms with E-state index < -0.39 is 6.04 Å². The van der Waals surface area contributed by atoms with Gasteiger partial charge in [-0.3, -0.25) is 4.79 Å². The first-order valence-electron chi connectivity index (χ1n) is 4.64. The maximum Gasteiger partial charge on any atom is 0.240 e. The molecule has 1 rings (SSSR count). The largest absolute Gasteiger partial charge is 0.325 e. The van der Waals surface area contributed by atoms with Crippen molar-refractivity contribution in [1.82, 2.24) is 0 Å². The molecule has 1 atom stereocenters. The van der Waals surface area contributed by atoms with E-state index in [2.05, 4.69) is 5.32 Å². The second-order valence-electron chi connectivity index (χ2n) is 3.58. The third-order valence-corrected chi connectivity index (χ3v) is 2.19. The summed E-state index contributed by atoms with van der Waals surface area (Å²) in [5.41, 5.74) is 8.61. The number of hydrogen-bond donors (Lipinski definition) is 2. The number of amides is 1. The molecule has 3 N–H and O–H groups in total. The lowest BCUT2D eigenvalue weighted by molar-refractivity contribution is -0.117. The van der Waals surface area contributed by atoms with Crippen LogP contribution in [-0.4, -0.2) is 11.9 Å². The van der Waals surface area contributed by atoms with Gasteiger partial charge in [-0.25, -0.2) is 0 Å². The maximum atomic E-state index is 11.3. The molecule has 1 unspecified atom stereocenters. The van der Waals surface area contributed by atoms with Crippen molar-refractivity contribution in [3.63, 3.8) is 0 Å². The third kappa shape index (κ3) is 2.57. The molecule has 0 spiro atoms. The van der Waals surface area contributed by atoms with Gasteiger partial charge in [0.25, 0.3) is 0 Å².